The summed E-state index contributed by atoms with van der Waals surface area (Å²) >= 11 is 0. The molecule has 0 unspecified atom stereocenters. The van der Waals surface area contributed by atoms with Crippen molar-refractivity contribution >= 4 is 368 Å². The van der Waals surface area contributed by atoms with Crippen LogP contribution in [0.2, 0.25) is 0 Å². The van der Waals surface area contributed by atoms with Crippen LogP contribution in [0.25, 0.3) is 368 Å². The van der Waals surface area contributed by atoms with Crippen LogP contribution in [0.1, 0.15) is 164 Å². The number of aryl methyl sites for hydroxylation is 4. The molecule has 0 saturated carbocycles. The summed E-state index contributed by atoms with van der Waals surface area (Å²) in [6.07, 6.45) is 15.5. The highest BCUT2D eigenvalue weighted by Crippen LogP contribution is 2.77. The average Bonchev–Trinajstić information content (AvgIpc) is 0.617. The number of fused-ring (bicyclic) bond motifs is 2. The van der Waals surface area contributed by atoms with E-state index in [1.807, 2.05) is 22.3 Å². The lowest BCUT2D eigenvalue weighted by Gasteiger charge is -2.50. The summed E-state index contributed by atoms with van der Waals surface area (Å²) in [5.41, 5.74) is 23.3. The second kappa shape index (κ2) is 15.1. The highest BCUT2D eigenvalue weighted by molar-refractivity contribution is 6.70. The first-order valence-corrected chi connectivity index (χ1v) is 46.6. The fourth-order valence-electron chi connectivity index (χ4n) is 37.9. The van der Waals surface area contributed by atoms with Crippen molar-refractivity contribution in [2.24, 2.45) is 0 Å². The third kappa shape index (κ3) is 4.37. The molecule has 0 spiro atoms. The summed E-state index contributed by atoms with van der Waals surface area (Å²) in [7, 11) is 0. The van der Waals surface area contributed by atoms with Crippen LogP contribution in [0, 0.1) is 27.7 Å². The summed E-state index contributed by atoms with van der Waals surface area (Å²) in [5, 5.41) is 108. The first kappa shape index (κ1) is 54.8. The van der Waals surface area contributed by atoms with Gasteiger partial charge in [0.25, 0.3) is 0 Å². The van der Waals surface area contributed by atoms with E-state index >= 15 is 0 Å². The minimum Gasteiger partial charge on any atom is -0.0690 e. The molecule has 0 fully saturated rings. The Morgan fingerprint density at radius 3 is 0.943 bits per heavy atom. The maximum absolute atomic E-state index is 2.97. The van der Waals surface area contributed by atoms with Crippen LogP contribution in [0.4, 0.5) is 0 Å². The minimum absolute atomic E-state index is 0.299. The van der Waals surface area contributed by atoms with E-state index in [9.17, 15) is 0 Å². The average molecular weight is 1520 g/mol. The molecule has 0 N–H and O–H groups in total. The lowest BCUT2D eigenvalue weighted by Crippen LogP contribution is -2.30. The van der Waals surface area contributed by atoms with Crippen molar-refractivity contribution in [3.63, 3.8) is 0 Å². The summed E-state index contributed by atoms with van der Waals surface area (Å²) < 4.78 is 0. The first-order chi connectivity index (χ1) is 60.2. The largest absolute Gasteiger partial charge is 0.0690 e. The molecule has 34 aromatic carbocycles. The van der Waals surface area contributed by atoms with Crippen molar-refractivity contribution < 1.29 is 0 Å². The Morgan fingerprint density at radius 1 is 0.172 bits per heavy atom. The summed E-state index contributed by atoms with van der Waals surface area (Å²) in [6, 6.07) is 47.5. The van der Waals surface area contributed by atoms with E-state index in [2.05, 4.69) is 149 Å². The van der Waals surface area contributed by atoms with E-state index in [1.54, 1.807) is 254 Å². The standard InChI is InChI=1S/C122H56/c1-33-11-39-17-43-21-47-25-51-29-55-31-53-28-50-24-46-20-42-16-38-8-6-10-58-62-36(4)14-60-34(2)12-40-18-44-22-48-26-52-30-56-32-54-27-49-23-45-19-41-15-37-7-5-9-57-61-35(3)13-59(33)83-65(39)89-69(43)93-73(47)97-77(51)101-81(55)103-80(53)100-76(50)96-72(46)92-68(42)88(64(38)58)106-86(62)84(60)66(40)90-70(44)94-74(48)98-78(52)102-82(56)104-79(54)99-75(49)95-71(45)91-67(41)87(63(37)57)105(85(61)83)107(89)109(91)111(93)113(95)115(97)117(99)119(101)121(104)122(103)120(102)118(100)116(98)114(96)112(94)110(92)108(90)106/h5-19,21,23,25,27,29,44,46,48,50,52-53,55-56H,20,22,24,26,28,30-32H2,1-4H3/t44-,46+,48-,50+,52-,53+,55-,56-/m1/s1. The third-order valence-corrected chi connectivity index (χ3v) is 40.1. The molecule has 10 aliphatic carbocycles. The minimum atomic E-state index is 0.299. The Bertz CT molecular complexity index is 11900. The molecule has 0 heteroatoms. The van der Waals surface area contributed by atoms with Gasteiger partial charge >= 0.3 is 0 Å². The van der Waals surface area contributed by atoms with Crippen molar-refractivity contribution in [1.29, 1.82) is 0 Å². The topological polar surface area (TPSA) is 0 Å². The quantitative estimate of drug-likeness (QED) is 0.105. The Balaban J connectivity index is 0.768. The number of hydrogen-bond donors (Lipinski definition) is 0. The second-order valence-corrected chi connectivity index (χ2v) is 43.9. The molecule has 44 rings (SSSR count). The summed E-state index contributed by atoms with van der Waals surface area (Å²) in [4.78, 5) is 0. The second-order valence-electron chi connectivity index (χ2n) is 43.9. The molecule has 0 heterocycles. The van der Waals surface area contributed by atoms with E-state index < -0.39 is 0 Å². The van der Waals surface area contributed by atoms with E-state index in [1.165, 1.54) is 206 Å². The van der Waals surface area contributed by atoms with Gasteiger partial charge in [0.05, 0.1) is 0 Å². The van der Waals surface area contributed by atoms with Crippen molar-refractivity contribution in [1.82, 2.24) is 0 Å². The van der Waals surface area contributed by atoms with Crippen LogP contribution in [0.5, 0.6) is 0 Å². The summed E-state index contributed by atoms with van der Waals surface area (Å²) in [6.45, 7) is 9.81. The van der Waals surface area contributed by atoms with Gasteiger partial charge in [0, 0.05) is 11.8 Å². The van der Waals surface area contributed by atoms with Gasteiger partial charge in [0.2, 0.25) is 0 Å². The lowest BCUT2D eigenvalue weighted by molar-refractivity contribution is 0.428. The highest BCUT2D eigenvalue weighted by Gasteiger charge is 2.54. The van der Waals surface area contributed by atoms with Crippen molar-refractivity contribution in [3.8, 4) is 0 Å². The molecule has 122 heavy (non-hydrogen) atoms. The molecule has 10 aliphatic rings. The highest BCUT2D eigenvalue weighted by atomic mass is 14.6. The number of hydrogen-bond acceptors (Lipinski definition) is 0. The van der Waals surface area contributed by atoms with E-state index in [-0.39, 0.29) is 0 Å². The molecular weight excluding hydrogens is 1470 g/mol. The Morgan fingerprint density at radius 2 is 0.459 bits per heavy atom. The Labute approximate surface area is 686 Å². The molecule has 0 nitrogen and oxygen atoms in total. The van der Waals surface area contributed by atoms with Gasteiger partial charge in [-0.3, -0.25) is 0 Å². The molecule has 544 valence electrons. The monoisotopic (exact) mass is 1520 g/mol. The van der Waals surface area contributed by atoms with E-state index in [0.29, 0.717) is 47.3 Å². The maximum Gasteiger partial charge on any atom is 0.00456 e. The molecule has 8 atom stereocenters. The zero-order valence-corrected chi connectivity index (χ0v) is 66.8. The molecule has 0 bridgehead atoms. The molecule has 0 radical (unpaired) electrons. The van der Waals surface area contributed by atoms with Crippen LogP contribution in [0.15, 0.2) is 109 Å². The normalized spacial score (nSPS) is 22.3. The smallest absolute Gasteiger partial charge is 0.00456 e. The number of benzene rings is 34. The van der Waals surface area contributed by atoms with Crippen molar-refractivity contribution in [3.05, 3.63) is 198 Å². The zero-order chi connectivity index (χ0) is 75.8. The number of rotatable bonds is 0. The van der Waals surface area contributed by atoms with Gasteiger partial charge in [-0.05, 0) is 595 Å². The summed E-state index contributed by atoms with van der Waals surface area (Å²) in [5.74, 6) is 3.42. The third-order valence-electron chi connectivity index (χ3n) is 40.1. The van der Waals surface area contributed by atoms with Crippen LogP contribution >= 0.6 is 0 Å². The van der Waals surface area contributed by atoms with Crippen LogP contribution in [-0.2, 0) is 12.8 Å². The first-order valence-electron chi connectivity index (χ1n) is 46.6. The van der Waals surface area contributed by atoms with Gasteiger partial charge in [0.15, 0.2) is 0 Å². The maximum atomic E-state index is 2.97. The van der Waals surface area contributed by atoms with Gasteiger partial charge in [-0.1, -0.05) is 84.9 Å². The van der Waals surface area contributed by atoms with Crippen LogP contribution < -0.4 is 10.4 Å². The Kier molecular flexibility index (Phi) is 6.80. The molecule has 0 aromatic heterocycles. The van der Waals surface area contributed by atoms with E-state index in [0.717, 1.165) is 12.8 Å². The van der Waals surface area contributed by atoms with Gasteiger partial charge in [-0.2, -0.15) is 0 Å². The van der Waals surface area contributed by atoms with Gasteiger partial charge in [-0.15, -0.1) is 0 Å². The van der Waals surface area contributed by atoms with Gasteiger partial charge in [0.1, 0.15) is 0 Å². The SMILES string of the molecule is Cc1cc2c3c4c5c6c7c8c9c%10c%11c%12c%13c(cc%14cc%15cc%16cc%17cccc%18c%19c(C)cc%20c(C)cc%21cc%22cc%23cc%24c%25c%26c%27c%28c%29c%30c%31c%32c%33c%34c%35c(cc%36cccc%37c%38c(C)cc1c3c%38c(c%35c%36%37)c4c%34c6c%32c8c%30c%10c%28c%12c%26c1c%13c%14c3c%15c4c%16c(c%17%18)c6c%19c%20c%21c8c%22c%10c%23c%25c1c3c%10c4c86)C[C@H]%33C[C@H]%31C[C@H]%29C[C@H]%27C=%24)C[C@H]%11C[C@H]9C[C@H]7C[C@H]5C=2. The molecule has 0 aliphatic heterocycles. The molecule has 34 aromatic rings. The van der Waals surface area contributed by atoms with Crippen molar-refractivity contribution in [2.45, 2.75) is 126 Å². The fourth-order valence-corrected chi connectivity index (χ4v) is 37.9. The molecule has 0 saturated heterocycles. The fraction of sp³-hybridized carbons (Fsp3) is 0.164. The predicted octanol–water partition coefficient (Wildman–Crippen LogP) is 32.1. The van der Waals surface area contributed by atoms with Crippen LogP contribution in [0.3, 0.4) is 0 Å². The van der Waals surface area contributed by atoms with Gasteiger partial charge in [-0.25, -0.2) is 0 Å². The van der Waals surface area contributed by atoms with Crippen molar-refractivity contribution in [2.75, 3.05) is 0 Å². The molecule has 0 amide bonds. The zero-order valence-electron chi connectivity index (χ0n) is 66.8. The Hall–Kier alpha value is -13.3. The molecular formula is C122H56. The van der Waals surface area contributed by atoms with Gasteiger partial charge < -0.3 is 0 Å². The van der Waals surface area contributed by atoms with Crippen LogP contribution in [-0.4, -0.2) is 0 Å². The van der Waals surface area contributed by atoms with E-state index in [4.69, 9.17) is 0 Å². The lowest BCUT2D eigenvalue weighted by atomic mass is 9.53. The predicted molar refractivity (Wildman–Crippen MR) is 521 cm³/mol.